The van der Waals surface area contributed by atoms with Gasteiger partial charge in [0.25, 0.3) is 5.56 Å². The van der Waals surface area contributed by atoms with Gasteiger partial charge >= 0.3 is 12.1 Å². The topological polar surface area (TPSA) is 128 Å². The summed E-state index contributed by atoms with van der Waals surface area (Å²) in [7, 11) is 1.29. The number of allylic oxidation sites excluding steroid dienone is 1. The molecule has 1 aromatic carbocycles. The first kappa shape index (κ1) is 27.2. The zero-order valence-electron chi connectivity index (χ0n) is 19.3. The number of aryl methyl sites for hydroxylation is 2. The Morgan fingerprint density at radius 3 is 2.54 bits per heavy atom. The molecule has 0 saturated heterocycles. The van der Waals surface area contributed by atoms with Crippen molar-refractivity contribution in [2.45, 2.75) is 13.1 Å². The summed E-state index contributed by atoms with van der Waals surface area (Å²) >= 11 is 5.76. The molecule has 0 spiro atoms. The lowest BCUT2D eigenvalue weighted by Crippen LogP contribution is -2.25. The molecule has 37 heavy (non-hydrogen) atoms. The highest BCUT2D eigenvalue weighted by atomic mass is 35.5. The van der Waals surface area contributed by atoms with Gasteiger partial charge in [0.05, 0.1) is 5.02 Å². The molecule has 0 aliphatic heterocycles. The number of anilines is 1. The molecular formula is C23H19ClF4N6O3. The lowest BCUT2D eigenvalue weighted by Gasteiger charge is -2.13. The van der Waals surface area contributed by atoms with Gasteiger partial charge in [0.15, 0.2) is 5.69 Å². The highest BCUT2D eigenvalue weighted by molar-refractivity contribution is 6.31. The average molecular weight is 539 g/mol. The molecule has 3 rings (SSSR count). The fourth-order valence-corrected chi connectivity index (χ4v) is 3.37. The molecule has 0 fully saturated rings. The fourth-order valence-electron chi connectivity index (χ4n) is 3.19. The molecule has 2 aromatic heterocycles. The molecule has 2 heterocycles. The van der Waals surface area contributed by atoms with E-state index in [-0.39, 0.29) is 33.5 Å². The number of rotatable bonds is 7. The maximum atomic E-state index is 13.4. The van der Waals surface area contributed by atoms with Crippen LogP contribution in [0.25, 0.3) is 11.4 Å². The second-order valence-corrected chi connectivity index (χ2v) is 8.11. The lowest BCUT2D eigenvalue weighted by molar-refractivity contribution is -0.141. The van der Waals surface area contributed by atoms with E-state index >= 15 is 0 Å². The maximum absolute atomic E-state index is 13.4. The maximum Gasteiger partial charge on any atom is 0.435 e. The van der Waals surface area contributed by atoms with E-state index in [2.05, 4.69) is 22.0 Å². The molecule has 0 amide bonds. The second kappa shape index (κ2) is 10.3. The third-order valence-corrected chi connectivity index (χ3v) is 5.25. The number of hydrogen-bond acceptors (Lipinski definition) is 6. The molecule has 9 nitrogen and oxygen atoms in total. The Hall–Kier alpha value is -4.39. The Balaban J connectivity index is 2.14. The van der Waals surface area contributed by atoms with Crippen LogP contribution in [0.2, 0.25) is 5.02 Å². The van der Waals surface area contributed by atoms with Gasteiger partial charge in [-0.3, -0.25) is 4.79 Å². The van der Waals surface area contributed by atoms with Crippen molar-refractivity contribution in [3.8, 4) is 0 Å². The smallest absolute Gasteiger partial charge is 0.435 e. The van der Waals surface area contributed by atoms with Crippen molar-refractivity contribution in [2.24, 2.45) is 17.8 Å². The zero-order valence-corrected chi connectivity index (χ0v) is 20.0. The molecule has 0 radical (unpaired) electrons. The Morgan fingerprint density at radius 1 is 1.30 bits per heavy atom. The van der Waals surface area contributed by atoms with Gasteiger partial charge in [-0.1, -0.05) is 18.2 Å². The van der Waals surface area contributed by atoms with Gasteiger partial charge in [0, 0.05) is 42.0 Å². The van der Waals surface area contributed by atoms with E-state index < -0.39 is 34.8 Å². The number of hydrogen-bond donors (Lipinski definition) is 3. The molecule has 0 unspecified atom stereocenters. The van der Waals surface area contributed by atoms with Crippen molar-refractivity contribution in [1.29, 1.82) is 0 Å². The minimum absolute atomic E-state index is 0.00980. The van der Waals surface area contributed by atoms with Crippen LogP contribution in [0.1, 0.15) is 27.3 Å². The number of nitrogens with zero attached hydrogens (tertiary/aromatic N) is 4. The molecule has 0 saturated carbocycles. The first-order chi connectivity index (χ1) is 17.2. The van der Waals surface area contributed by atoms with Crippen LogP contribution in [0, 0.1) is 12.7 Å². The van der Waals surface area contributed by atoms with Crippen molar-refractivity contribution < 1.29 is 27.5 Å². The number of carboxylic acids is 1. The van der Waals surface area contributed by atoms with Gasteiger partial charge in [-0.05, 0) is 37.3 Å². The van der Waals surface area contributed by atoms with Crippen LogP contribution in [-0.4, -0.2) is 31.6 Å². The van der Waals surface area contributed by atoms with Gasteiger partial charge in [-0.15, -0.1) is 0 Å². The summed E-state index contributed by atoms with van der Waals surface area (Å²) in [6.45, 7) is 5.04. The van der Waals surface area contributed by atoms with Crippen molar-refractivity contribution in [3.63, 3.8) is 0 Å². The number of carbonyl (C=O) groups is 1. The van der Waals surface area contributed by atoms with Gasteiger partial charge in [-0.2, -0.15) is 18.3 Å². The Morgan fingerprint density at radius 2 is 1.97 bits per heavy atom. The highest BCUT2D eigenvalue weighted by Crippen LogP contribution is 2.30. The quantitative estimate of drug-likeness (QED) is 0.303. The molecule has 14 heteroatoms. The zero-order chi connectivity index (χ0) is 27.7. The number of benzene rings is 1. The summed E-state index contributed by atoms with van der Waals surface area (Å²) in [4.78, 5) is 27.9. The number of nitrogens with two attached hydrogens (primary N) is 1. The largest absolute Gasteiger partial charge is 0.477 e. The van der Waals surface area contributed by atoms with Crippen molar-refractivity contribution in [3.05, 3.63) is 92.6 Å². The van der Waals surface area contributed by atoms with E-state index in [1.54, 1.807) is 0 Å². The molecule has 194 valence electrons. The normalized spacial score (nSPS) is 12.5. The predicted molar refractivity (Wildman–Crippen MR) is 131 cm³/mol. The van der Waals surface area contributed by atoms with Crippen LogP contribution >= 0.6 is 11.6 Å². The van der Waals surface area contributed by atoms with Crippen LogP contribution in [0.15, 0.2) is 58.7 Å². The molecule has 3 aromatic rings. The number of halogens is 5. The third-order valence-electron chi connectivity index (χ3n) is 4.96. The van der Waals surface area contributed by atoms with Crippen molar-refractivity contribution in [2.75, 3.05) is 5.32 Å². The van der Waals surface area contributed by atoms with E-state index in [0.29, 0.717) is 5.69 Å². The molecule has 0 atom stereocenters. The molecule has 0 aliphatic carbocycles. The van der Waals surface area contributed by atoms with Crippen LogP contribution in [0.4, 0.5) is 23.2 Å². The van der Waals surface area contributed by atoms with Gasteiger partial charge in [0.1, 0.15) is 23.0 Å². The van der Waals surface area contributed by atoms with E-state index in [0.717, 1.165) is 33.7 Å². The third kappa shape index (κ3) is 6.06. The molecule has 0 bridgehead atoms. The highest BCUT2D eigenvalue weighted by Gasteiger charge is 2.34. The monoisotopic (exact) mass is 538 g/mol. The van der Waals surface area contributed by atoms with Gasteiger partial charge in [-0.25, -0.2) is 18.9 Å². The molecular weight excluding hydrogens is 520 g/mol. The summed E-state index contributed by atoms with van der Waals surface area (Å²) < 4.78 is 54.8. The Kier molecular flexibility index (Phi) is 7.58. The van der Waals surface area contributed by atoms with E-state index in [9.17, 15) is 32.3 Å². The van der Waals surface area contributed by atoms with Gasteiger partial charge < -0.3 is 20.7 Å². The average Bonchev–Trinajstić information content (AvgIpc) is 3.20. The lowest BCUT2D eigenvalue weighted by atomic mass is 10.1. The van der Waals surface area contributed by atoms with Crippen molar-refractivity contribution >= 4 is 40.9 Å². The second-order valence-electron chi connectivity index (χ2n) is 7.70. The predicted octanol–water partition coefficient (Wildman–Crippen LogP) is 4.34. The van der Waals surface area contributed by atoms with E-state index in [4.69, 9.17) is 17.3 Å². The summed E-state index contributed by atoms with van der Waals surface area (Å²) in [5.74, 6) is -2.52. The van der Waals surface area contributed by atoms with E-state index in [1.165, 1.54) is 32.3 Å². The van der Waals surface area contributed by atoms with Crippen LogP contribution in [-0.2, 0) is 13.2 Å². The SMILES string of the molecule is C=C(N=C/C(=C(\N)n1nc(C(F)(F)F)cc1C)c1cc(C(=O)O)c(=O)n(C)c1)Nc1ccc(F)c(Cl)c1. The summed E-state index contributed by atoms with van der Waals surface area (Å²) in [6.07, 6.45) is -2.40. The number of pyridine rings is 1. The van der Waals surface area contributed by atoms with E-state index in [1.807, 2.05) is 0 Å². The number of nitrogens with one attached hydrogen (secondary N) is 1. The summed E-state index contributed by atoms with van der Waals surface area (Å²) in [5, 5.41) is 15.5. The van der Waals surface area contributed by atoms with Gasteiger partial charge in [0.2, 0.25) is 0 Å². The number of aliphatic imine (C=N–C) groups is 1. The van der Waals surface area contributed by atoms with Crippen LogP contribution in [0.5, 0.6) is 0 Å². The fraction of sp³-hybridized carbons (Fsp3) is 0.130. The molecule has 0 aliphatic rings. The summed E-state index contributed by atoms with van der Waals surface area (Å²) in [6, 6.07) is 5.55. The summed E-state index contributed by atoms with van der Waals surface area (Å²) in [5.41, 5.74) is 3.90. The minimum Gasteiger partial charge on any atom is -0.477 e. The van der Waals surface area contributed by atoms with Crippen LogP contribution in [0.3, 0.4) is 0 Å². The molecule has 4 N–H and O–H groups in total. The standard InChI is InChI=1S/C23H19ClF4N6O3/c1-11-6-19(23(26,27)28)32-34(11)20(29)16(13-7-15(22(36)37)21(35)33(3)10-13)9-30-12(2)31-14-4-5-18(25)17(24)8-14/h4-10,31H,2,29H2,1,3H3,(H,36,37)/b20-16-,30-9?. The number of aromatic nitrogens is 3. The minimum atomic E-state index is -4.74. The van der Waals surface area contributed by atoms with Crippen LogP contribution < -0.4 is 16.6 Å². The first-order valence-corrected chi connectivity index (χ1v) is 10.6. The first-order valence-electron chi connectivity index (χ1n) is 10.2. The number of alkyl halides is 3. The Labute approximate surface area is 211 Å². The number of aromatic carboxylic acids is 1. The number of carboxylic acid groups (broad SMARTS) is 1. The van der Waals surface area contributed by atoms with Crippen molar-refractivity contribution in [1.82, 2.24) is 14.3 Å². The Bertz CT molecular complexity index is 1520.